The Kier molecular flexibility index (Phi) is 3.76. The van der Waals surface area contributed by atoms with Gasteiger partial charge in [-0.05, 0) is 29.8 Å². The van der Waals surface area contributed by atoms with Crippen LogP contribution in [-0.4, -0.2) is 25.2 Å². The van der Waals surface area contributed by atoms with Crippen LogP contribution in [0.1, 0.15) is 11.5 Å². The fourth-order valence-corrected chi connectivity index (χ4v) is 3.15. The molecule has 2 aromatic carbocycles. The lowest BCUT2D eigenvalue weighted by Gasteiger charge is -2.17. The van der Waals surface area contributed by atoms with Gasteiger partial charge in [-0.2, -0.15) is 0 Å². The van der Waals surface area contributed by atoms with E-state index in [2.05, 4.69) is 10.6 Å². The van der Waals surface area contributed by atoms with E-state index in [1.54, 1.807) is 18.2 Å². The average molecular weight is 342 g/mol. The van der Waals surface area contributed by atoms with Gasteiger partial charge < -0.3 is 20.1 Å². The lowest BCUT2D eigenvalue weighted by molar-refractivity contribution is -0.130. The summed E-state index contributed by atoms with van der Waals surface area (Å²) in [4.78, 5) is 24.8. The first-order chi connectivity index (χ1) is 12.1. The molecular formula is C18H15FN2O4. The van der Waals surface area contributed by atoms with Gasteiger partial charge >= 0.3 is 0 Å². The molecule has 0 bridgehead atoms. The highest BCUT2D eigenvalue weighted by Gasteiger charge is 2.41. The SMILES string of the molecule is O=C1NC[C@H](c2ccc3c(c2)OCO3)[C@H]1C(=O)Nc1ccccc1F. The maximum Gasteiger partial charge on any atom is 0.237 e. The van der Waals surface area contributed by atoms with Crippen LogP contribution < -0.4 is 20.1 Å². The minimum absolute atomic E-state index is 0.0524. The van der Waals surface area contributed by atoms with E-state index in [1.165, 1.54) is 18.2 Å². The lowest BCUT2D eigenvalue weighted by atomic mass is 9.87. The summed E-state index contributed by atoms with van der Waals surface area (Å²) in [5.41, 5.74) is 0.841. The number of carbonyl (C=O) groups excluding carboxylic acids is 2. The summed E-state index contributed by atoms with van der Waals surface area (Å²) in [7, 11) is 0. The Balaban J connectivity index is 1.59. The van der Waals surface area contributed by atoms with E-state index < -0.39 is 17.6 Å². The number of ether oxygens (including phenoxy) is 2. The van der Waals surface area contributed by atoms with Crippen LogP contribution in [0.15, 0.2) is 42.5 Å². The number of rotatable bonds is 3. The van der Waals surface area contributed by atoms with E-state index in [9.17, 15) is 14.0 Å². The monoisotopic (exact) mass is 342 g/mol. The molecule has 2 aliphatic rings. The summed E-state index contributed by atoms with van der Waals surface area (Å²) in [6.07, 6.45) is 0. The Bertz CT molecular complexity index is 855. The van der Waals surface area contributed by atoms with Gasteiger partial charge in [-0.15, -0.1) is 0 Å². The van der Waals surface area contributed by atoms with Crippen LogP contribution in [0.2, 0.25) is 0 Å². The second-order valence-corrected chi connectivity index (χ2v) is 5.91. The smallest absolute Gasteiger partial charge is 0.237 e. The van der Waals surface area contributed by atoms with Crippen molar-refractivity contribution < 1.29 is 23.5 Å². The van der Waals surface area contributed by atoms with Crippen molar-refractivity contribution in [3.05, 3.63) is 53.8 Å². The number of hydrogen-bond acceptors (Lipinski definition) is 4. The molecule has 4 rings (SSSR count). The van der Waals surface area contributed by atoms with Crippen molar-refractivity contribution in [3.63, 3.8) is 0 Å². The van der Waals surface area contributed by atoms with Crippen molar-refractivity contribution >= 4 is 17.5 Å². The number of para-hydroxylation sites is 1. The summed E-state index contributed by atoms with van der Waals surface area (Å²) < 4.78 is 24.4. The molecule has 0 spiro atoms. The van der Waals surface area contributed by atoms with Crippen LogP contribution in [-0.2, 0) is 9.59 Å². The van der Waals surface area contributed by atoms with Crippen LogP contribution in [0.5, 0.6) is 11.5 Å². The zero-order valence-electron chi connectivity index (χ0n) is 13.1. The maximum atomic E-state index is 13.8. The molecule has 2 amide bonds. The van der Waals surface area contributed by atoms with Crippen LogP contribution in [0, 0.1) is 11.7 Å². The van der Waals surface area contributed by atoms with E-state index in [4.69, 9.17) is 9.47 Å². The van der Waals surface area contributed by atoms with Crippen molar-refractivity contribution in [3.8, 4) is 11.5 Å². The van der Waals surface area contributed by atoms with Gasteiger partial charge in [0.1, 0.15) is 11.7 Å². The van der Waals surface area contributed by atoms with Crippen LogP contribution in [0.3, 0.4) is 0 Å². The van der Waals surface area contributed by atoms with Gasteiger partial charge in [0.2, 0.25) is 18.6 Å². The van der Waals surface area contributed by atoms with Crippen molar-refractivity contribution in [1.82, 2.24) is 5.32 Å². The van der Waals surface area contributed by atoms with Gasteiger partial charge in [-0.25, -0.2) is 4.39 Å². The first kappa shape index (κ1) is 15.4. The molecule has 2 atom stereocenters. The molecule has 0 saturated carbocycles. The fraction of sp³-hybridized carbons (Fsp3) is 0.222. The van der Waals surface area contributed by atoms with Gasteiger partial charge in [-0.1, -0.05) is 18.2 Å². The fourth-order valence-electron chi connectivity index (χ4n) is 3.15. The Morgan fingerprint density at radius 2 is 1.96 bits per heavy atom. The molecule has 25 heavy (non-hydrogen) atoms. The van der Waals surface area contributed by atoms with E-state index >= 15 is 0 Å². The third-order valence-electron chi connectivity index (χ3n) is 4.42. The molecule has 128 valence electrons. The van der Waals surface area contributed by atoms with Gasteiger partial charge in [0.05, 0.1) is 5.69 Å². The molecule has 0 aromatic heterocycles. The third kappa shape index (κ3) is 2.77. The number of halogens is 1. The van der Waals surface area contributed by atoms with E-state index in [1.807, 2.05) is 6.07 Å². The van der Waals surface area contributed by atoms with E-state index in [-0.39, 0.29) is 24.3 Å². The van der Waals surface area contributed by atoms with Gasteiger partial charge in [0, 0.05) is 12.5 Å². The molecule has 0 radical (unpaired) electrons. The Labute approximate surface area is 142 Å². The van der Waals surface area contributed by atoms with Gasteiger partial charge in [0.25, 0.3) is 0 Å². The average Bonchev–Trinajstić information content (AvgIpc) is 3.22. The highest BCUT2D eigenvalue weighted by molar-refractivity contribution is 6.08. The molecule has 2 heterocycles. The second-order valence-electron chi connectivity index (χ2n) is 5.91. The van der Waals surface area contributed by atoms with Crippen molar-refractivity contribution in [2.75, 3.05) is 18.7 Å². The topological polar surface area (TPSA) is 76.7 Å². The van der Waals surface area contributed by atoms with Gasteiger partial charge in [-0.3, -0.25) is 9.59 Å². The minimum Gasteiger partial charge on any atom is -0.454 e. The normalized spacial score (nSPS) is 21.1. The van der Waals surface area contributed by atoms with E-state index in [0.717, 1.165) is 5.56 Å². The minimum atomic E-state index is -0.944. The summed E-state index contributed by atoms with van der Waals surface area (Å²) in [5, 5.41) is 5.21. The second kappa shape index (κ2) is 6.08. The van der Waals surface area contributed by atoms with E-state index in [0.29, 0.717) is 18.0 Å². The first-order valence-electron chi connectivity index (χ1n) is 7.86. The summed E-state index contributed by atoms with van der Waals surface area (Å²) >= 11 is 0. The number of nitrogens with one attached hydrogen (secondary N) is 2. The van der Waals surface area contributed by atoms with Crippen LogP contribution in [0.4, 0.5) is 10.1 Å². The number of carbonyl (C=O) groups is 2. The number of benzene rings is 2. The van der Waals surface area contributed by atoms with Crippen LogP contribution >= 0.6 is 0 Å². The van der Waals surface area contributed by atoms with Crippen molar-refractivity contribution in [1.29, 1.82) is 0 Å². The Morgan fingerprint density at radius 1 is 1.16 bits per heavy atom. The van der Waals surface area contributed by atoms with Gasteiger partial charge in [0.15, 0.2) is 11.5 Å². The molecule has 1 fully saturated rings. The number of fused-ring (bicyclic) bond motifs is 1. The molecule has 7 heteroatoms. The predicted octanol–water partition coefficient (Wildman–Crippen LogP) is 2.02. The van der Waals surface area contributed by atoms with Crippen LogP contribution in [0.25, 0.3) is 0 Å². The molecule has 0 aliphatic carbocycles. The number of amides is 2. The summed E-state index contributed by atoms with van der Waals surface area (Å²) in [6, 6.07) is 11.2. The molecule has 2 aliphatic heterocycles. The molecule has 2 N–H and O–H groups in total. The Morgan fingerprint density at radius 3 is 2.80 bits per heavy atom. The van der Waals surface area contributed by atoms with Crippen molar-refractivity contribution in [2.24, 2.45) is 5.92 Å². The molecule has 6 nitrogen and oxygen atoms in total. The highest BCUT2D eigenvalue weighted by atomic mass is 19.1. The first-order valence-corrected chi connectivity index (χ1v) is 7.86. The maximum absolute atomic E-state index is 13.8. The summed E-state index contributed by atoms with van der Waals surface area (Å²) in [6.45, 7) is 0.478. The third-order valence-corrected chi connectivity index (χ3v) is 4.42. The lowest BCUT2D eigenvalue weighted by Crippen LogP contribution is -2.32. The number of anilines is 1. The van der Waals surface area contributed by atoms with Crippen molar-refractivity contribution in [2.45, 2.75) is 5.92 Å². The zero-order chi connectivity index (χ0) is 17.4. The largest absolute Gasteiger partial charge is 0.454 e. The molecule has 1 saturated heterocycles. The standard InChI is InChI=1S/C18H15FN2O4/c19-12-3-1-2-4-13(12)21-18(23)16-11(8-20-17(16)22)10-5-6-14-15(7-10)25-9-24-14/h1-7,11,16H,8-9H2,(H,20,22)(H,21,23)/t11-,16-/m1/s1. The zero-order valence-corrected chi connectivity index (χ0v) is 13.1. The predicted molar refractivity (Wildman–Crippen MR) is 86.8 cm³/mol. The molecule has 0 unspecified atom stereocenters. The summed E-state index contributed by atoms with van der Waals surface area (Å²) in [5.74, 6) is -1.56. The Hall–Kier alpha value is -3.09. The highest BCUT2D eigenvalue weighted by Crippen LogP contribution is 2.38. The molecular weight excluding hydrogens is 327 g/mol. The quantitative estimate of drug-likeness (QED) is 0.837. The molecule has 2 aromatic rings. The number of hydrogen-bond donors (Lipinski definition) is 2.